The van der Waals surface area contributed by atoms with E-state index in [0.717, 1.165) is 17.0 Å². The summed E-state index contributed by atoms with van der Waals surface area (Å²) in [5.41, 5.74) is 2.63. The number of carbonyl (C=O) groups excluding carboxylic acids is 1. The summed E-state index contributed by atoms with van der Waals surface area (Å²) in [6.07, 6.45) is 0.268. The van der Waals surface area contributed by atoms with Gasteiger partial charge in [-0.1, -0.05) is 12.1 Å². The first-order chi connectivity index (χ1) is 12.3. The average Bonchev–Trinajstić information content (AvgIpc) is 3.17. The van der Waals surface area contributed by atoms with Gasteiger partial charge >= 0.3 is 5.97 Å². The molecular weight excluding hydrogens is 337 g/mol. The molecule has 26 heavy (non-hydrogen) atoms. The molecule has 1 aliphatic heterocycles. The van der Waals surface area contributed by atoms with Gasteiger partial charge in [-0.05, 0) is 37.6 Å². The van der Waals surface area contributed by atoms with Crippen LogP contribution in [0.25, 0.3) is 0 Å². The fourth-order valence-corrected chi connectivity index (χ4v) is 3.57. The number of amides is 1. The Morgan fingerprint density at radius 2 is 1.92 bits per heavy atom. The molecule has 0 radical (unpaired) electrons. The molecule has 1 saturated heterocycles. The predicted molar refractivity (Wildman–Crippen MR) is 93.2 cm³/mol. The van der Waals surface area contributed by atoms with Crippen molar-refractivity contribution in [3.05, 3.63) is 53.1 Å². The average molecular weight is 359 g/mol. The Balaban J connectivity index is 1.68. The zero-order valence-corrected chi connectivity index (χ0v) is 14.9. The summed E-state index contributed by atoms with van der Waals surface area (Å²) in [4.78, 5) is 25.8. The Morgan fingerprint density at radius 1 is 1.23 bits per heavy atom. The van der Waals surface area contributed by atoms with Gasteiger partial charge in [-0.2, -0.15) is 5.10 Å². The quantitative estimate of drug-likeness (QED) is 0.889. The number of carbonyl (C=O) groups is 2. The lowest BCUT2D eigenvalue weighted by atomic mass is 9.89. The number of rotatable bonds is 5. The number of halogens is 1. The molecule has 1 fully saturated rings. The molecule has 7 heteroatoms. The number of benzene rings is 1. The van der Waals surface area contributed by atoms with Crippen molar-refractivity contribution >= 4 is 11.9 Å². The molecule has 0 saturated carbocycles. The van der Waals surface area contributed by atoms with Crippen LogP contribution in [0.5, 0.6) is 0 Å². The third-order valence-corrected chi connectivity index (χ3v) is 4.93. The van der Waals surface area contributed by atoms with E-state index in [0.29, 0.717) is 13.1 Å². The van der Waals surface area contributed by atoms with E-state index in [1.54, 1.807) is 21.7 Å². The van der Waals surface area contributed by atoms with Crippen LogP contribution in [-0.2, 0) is 16.1 Å². The van der Waals surface area contributed by atoms with Crippen LogP contribution >= 0.6 is 0 Å². The highest BCUT2D eigenvalue weighted by Gasteiger charge is 2.40. The molecule has 0 bridgehead atoms. The number of aliphatic carboxylic acids is 1. The monoisotopic (exact) mass is 359 g/mol. The van der Waals surface area contributed by atoms with Crippen molar-refractivity contribution in [3.8, 4) is 0 Å². The van der Waals surface area contributed by atoms with Gasteiger partial charge in [-0.3, -0.25) is 14.3 Å². The number of hydrogen-bond acceptors (Lipinski definition) is 3. The first kappa shape index (κ1) is 18.1. The molecule has 0 spiro atoms. The van der Waals surface area contributed by atoms with Crippen LogP contribution in [0.2, 0.25) is 0 Å². The number of likely N-dealkylation sites (tertiary alicyclic amines) is 1. The van der Waals surface area contributed by atoms with Gasteiger partial charge in [-0.15, -0.1) is 0 Å². The maximum absolute atomic E-state index is 13.1. The van der Waals surface area contributed by atoms with Gasteiger partial charge < -0.3 is 10.0 Å². The normalized spacial score (nSPS) is 19.7. The minimum atomic E-state index is -0.937. The van der Waals surface area contributed by atoms with Crippen molar-refractivity contribution in [1.29, 1.82) is 0 Å². The van der Waals surface area contributed by atoms with Gasteiger partial charge in [0, 0.05) is 37.7 Å². The Bertz CT molecular complexity index is 816. The number of carboxylic acids is 1. The second-order valence-electron chi connectivity index (χ2n) is 6.80. The fourth-order valence-electron chi connectivity index (χ4n) is 3.57. The maximum Gasteiger partial charge on any atom is 0.308 e. The molecule has 138 valence electrons. The van der Waals surface area contributed by atoms with Crippen LogP contribution < -0.4 is 0 Å². The van der Waals surface area contributed by atoms with E-state index >= 15 is 0 Å². The van der Waals surface area contributed by atoms with E-state index in [2.05, 4.69) is 5.10 Å². The van der Waals surface area contributed by atoms with E-state index in [-0.39, 0.29) is 30.6 Å². The third-order valence-electron chi connectivity index (χ3n) is 4.93. The molecule has 0 unspecified atom stereocenters. The topological polar surface area (TPSA) is 75.4 Å². The van der Waals surface area contributed by atoms with E-state index in [1.807, 2.05) is 19.9 Å². The lowest BCUT2D eigenvalue weighted by molar-refractivity contribution is -0.141. The van der Waals surface area contributed by atoms with Gasteiger partial charge in [0.15, 0.2) is 0 Å². The van der Waals surface area contributed by atoms with Crippen molar-refractivity contribution in [1.82, 2.24) is 14.7 Å². The largest absolute Gasteiger partial charge is 0.481 e. The highest BCUT2D eigenvalue weighted by Crippen LogP contribution is 2.33. The molecular formula is C19H22FN3O3. The van der Waals surface area contributed by atoms with E-state index < -0.39 is 11.9 Å². The van der Waals surface area contributed by atoms with Crippen molar-refractivity contribution in [2.75, 3.05) is 13.1 Å². The standard InChI is InChI=1S/C19H22FN3O3/c1-12-9-13(2)23(21-12)8-7-18(24)22-10-16(17(11-22)19(25)26)14-3-5-15(20)6-4-14/h3-6,9,16-17H,7-8,10-11H2,1-2H3,(H,25,26)/t16-,17+/m1/s1. The molecule has 1 aromatic heterocycles. The van der Waals surface area contributed by atoms with Crippen LogP contribution in [0.15, 0.2) is 30.3 Å². The summed E-state index contributed by atoms with van der Waals surface area (Å²) >= 11 is 0. The smallest absolute Gasteiger partial charge is 0.308 e. The van der Waals surface area contributed by atoms with Crippen LogP contribution in [0.3, 0.4) is 0 Å². The van der Waals surface area contributed by atoms with E-state index in [1.165, 1.54) is 12.1 Å². The van der Waals surface area contributed by atoms with E-state index in [4.69, 9.17) is 0 Å². The van der Waals surface area contributed by atoms with Crippen molar-refractivity contribution in [3.63, 3.8) is 0 Å². The van der Waals surface area contributed by atoms with Crippen LogP contribution in [0, 0.1) is 25.6 Å². The Labute approximate surface area is 151 Å². The summed E-state index contributed by atoms with van der Waals surface area (Å²) in [7, 11) is 0. The number of hydrogen-bond donors (Lipinski definition) is 1. The Hall–Kier alpha value is -2.70. The SMILES string of the molecule is Cc1cc(C)n(CCC(=O)N2C[C@H](C(=O)O)[C@@H](c3ccc(F)cc3)C2)n1. The zero-order chi connectivity index (χ0) is 18.8. The van der Waals surface area contributed by atoms with Crippen LogP contribution in [0.1, 0.15) is 29.3 Å². The molecule has 2 aromatic rings. The molecule has 2 heterocycles. The lowest BCUT2D eigenvalue weighted by Crippen LogP contribution is -2.30. The number of aryl methyl sites for hydroxylation is 3. The summed E-state index contributed by atoms with van der Waals surface area (Å²) < 4.78 is 14.9. The number of carboxylic acid groups (broad SMARTS) is 1. The molecule has 0 aliphatic carbocycles. The summed E-state index contributed by atoms with van der Waals surface area (Å²) in [5, 5.41) is 13.9. The fraction of sp³-hybridized carbons (Fsp3) is 0.421. The molecule has 6 nitrogen and oxygen atoms in total. The highest BCUT2D eigenvalue weighted by molar-refractivity contribution is 5.79. The molecule has 1 N–H and O–H groups in total. The lowest BCUT2D eigenvalue weighted by Gasteiger charge is -2.17. The van der Waals surface area contributed by atoms with Gasteiger partial charge in [0.1, 0.15) is 5.82 Å². The predicted octanol–water partition coefficient (Wildman–Crippen LogP) is 2.36. The van der Waals surface area contributed by atoms with E-state index in [9.17, 15) is 19.1 Å². The minimum absolute atomic E-state index is 0.0894. The second-order valence-corrected chi connectivity index (χ2v) is 6.80. The molecule has 1 aromatic carbocycles. The third kappa shape index (κ3) is 3.76. The molecule has 2 atom stereocenters. The summed E-state index contributed by atoms with van der Waals surface area (Å²) in [5.74, 6) is -2.40. The first-order valence-electron chi connectivity index (χ1n) is 8.62. The first-order valence-corrected chi connectivity index (χ1v) is 8.62. The Kier molecular flexibility index (Phi) is 5.06. The number of aromatic nitrogens is 2. The van der Waals surface area contributed by atoms with Gasteiger partial charge in [0.25, 0.3) is 0 Å². The van der Waals surface area contributed by atoms with Crippen molar-refractivity contribution < 1.29 is 19.1 Å². The minimum Gasteiger partial charge on any atom is -0.481 e. The van der Waals surface area contributed by atoms with Crippen LogP contribution in [0.4, 0.5) is 4.39 Å². The number of nitrogens with zero attached hydrogens (tertiary/aromatic N) is 3. The molecule has 3 rings (SSSR count). The Morgan fingerprint density at radius 3 is 2.50 bits per heavy atom. The second kappa shape index (κ2) is 7.27. The van der Waals surface area contributed by atoms with Crippen molar-refractivity contribution in [2.45, 2.75) is 32.7 Å². The maximum atomic E-state index is 13.1. The van der Waals surface area contributed by atoms with Gasteiger partial charge in [0.05, 0.1) is 11.6 Å². The van der Waals surface area contributed by atoms with Gasteiger partial charge in [0.2, 0.25) is 5.91 Å². The zero-order valence-electron chi connectivity index (χ0n) is 14.9. The summed E-state index contributed by atoms with van der Waals surface area (Å²) in [6.45, 7) is 4.81. The van der Waals surface area contributed by atoms with Crippen molar-refractivity contribution in [2.24, 2.45) is 5.92 Å². The molecule has 1 amide bonds. The highest BCUT2D eigenvalue weighted by atomic mass is 19.1. The molecule has 1 aliphatic rings. The van der Waals surface area contributed by atoms with Crippen LogP contribution in [-0.4, -0.2) is 44.8 Å². The van der Waals surface area contributed by atoms with Gasteiger partial charge in [-0.25, -0.2) is 4.39 Å². The summed E-state index contributed by atoms with van der Waals surface area (Å²) in [6, 6.07) is 7.79.